The lowest BCUT2D eigenvalue weighted by atomic mass is 10.1. The minimum Gasteiger partial charge on any atom is -0.469 e. The molecule has 1 aromatic carbocycles. The molecule has 1 heterocycles. The number of anilines is 2. The molecule has 2 rings (SSSR count). The molecule has 5 nitrogen and oxygen atoms in total. The third kappa shape index (κ3) is 3.24. The van der Waals surface area contributed by atoms with Crippen molar-refractivity contribution in [3.8, 4) is 0 Å². The van der Waals surface area contributed by atoms with Crippen LogP contribution in [0.1, 0.15) is 23.0 Å². The molecule has 0 fully saturated rings. The fourth-order valence-corrected chi connectivity index (χ4v) is 2.28. The summed E-state index contributed by atoms with van der Waals surface area (Å²) in [5.41, 5.74) is 12.2. The maximum atomic E-state index is 11.5. The molecule has 0 bridgehead atoms. The summed E-state index contributed by atoms with van der Waals surface area (Å²) >= 11 is 6.13. The van der Waals surface area contributed by atoms with Crippen LogP contribution in [-0.4, -0.2) is 11.9 Å². The summed E-state index contributed by atoms with van der Waals surface area (Å²) in [6.07, 6.45) is 2.28. The van der Waals surface area contributed by atoms with E-state index in [-0.39, 0.29) is 11.6 Å². The van der Waals surface area contributed by atoms with Crippen LogP contribution in [0.15, 0.2) is 34.9 Å². The van der Waals surface area contributed by atoms with Crippen molar-refractivity contribution in [3.05, 3.63) is 46.9 Å². The van der Waals surface area contributed by atoms with Gasteiger partial charge in [-0.05, 0) is 31.2 Å². The van der Waals surface area contributed by atoms with Gasteiger partial charge in [0.1, 0.15) is 5.76 Å². The largest absolute Gasteiger partial charge is 0.469 e. The standard InChI is InChI=1S/C14H16ClN3O2/c1-8(5-10-3-2-4-20-10)18-13-11(14(17)19)6-9(16)7-12(13)15/h2-4,6-8,18H,5,16H2,1H3,(H2,17,19). The molecule has 0 aliphatic carbocycles. The second-order valence-electron chi connectivity index (χ2n) is 4.62. The highest BCUT2D eigenvalue weighted by molar-refractivity contribution is 6.34. The zero-order valence-corrected chi connectivity index (χ0v) is 11.8. The van der Waals surface area contributed by atoms with Gasteiger partial charge in [-0.2, -0.15) is 0 Å². The van der Waals surface area contributed by atoms with E-state index in [1.807, 2.05) is 19.1 Å². The van der Waals surface area contributed by atoms with Crippen molar-refractivity contribution >= 4 is 28.9 Å². The predicted octanol–water partition coefficient (Wildman–Crippen LogP) is 2.66. The van der Waals surface area contributed by atoms with Gasteiger partial charge in [-0.25, -0.2) is 0 Å². The van der Waals surface area contributed by atoms with Crippen LogP contribution in [-0.2, 0) is 6.42 Å². The van der Waals surface area contributed by atoms with Gasteiger partial charge >= 0.3 is 0 Å². The SMILES string of the molecule is CC(Cc1ccco1)Nc1c(Cl)cc(N)cc1C(N)=O. The van der Waals surface area contributed by atoms with Gasteiger partial charge in [0.15, 0.2) is 0 Å². The van der Waals surface area contributed by atoms with E-state index < -0.39 is 5.91 Å². The monoisotopic (exact) mass is 293 g/mol. The van der Waals surface area contributed by atoms with Gasteiger partial charge in [0, 0.05) is 18.2 Å². The number of nitrogens with one attached hydrogen (secondary N) is 1. The van der Waals surface area contributed by atoms with Crippen LogP contribution in [0.25, 0.3) is 0 Å². The number of nitrogen functional groups attached to an aromatic ring is 1. The number of hydrogen-bond donors (Lipinski definition) is 3. The van der Waals surface area contributed by atoms with E-state index >= 15 is 0 Å². The number of amides is 1. The molecule has 0 saturated heterocycles. The average Bonchev–Trinajstić information content (AvgIpc) is 2.84. The second kappa shape index (κ2) is 5.88. The molecule has 0 saturated carbocycles. The molecule has 1 unspecified atom stereocenters. The lowest BCUT2D eigenvalue weighted by molar-refractivity contribution is 0.100. The first-order valence-electron chi connectivity index (χ1n) is 6.15. The van der Waals surface area contributed by atoms with Crippen LogP contribution in [0.2, 0.25) is 5.02 Å². The lowest BCUT2D eigenvalue weighted by Gasteiger charge is -2.18. The number of halogens is 1. The number of rotatable bonds is 5. The van der Waals surface area contributed by atoms with Crippen molar-refractivity contribution in [2.75, 3.05) is 11.1 Å². The highest BCUT2D eigenvalue weighted by Crippen LogP contribution is 2.30. The van der Waals surface area contributed by atoms with Crippen LogP contribution in [0.4, 0.5) is 11.4 Å². The summed E-state index contributed by atoms with van der Waals surface area (Å²) in [7, 11) is 0. The second-order valence-corrected chi connectivity index (χ2v) is 5.03. The third-order valence-electron chi connectivity index (χ3n) is 2.86. The predicted molar refractivity (Wildman–Crippen MR) is 79.9 cm³/mol. The van der Waals surface area contributed by atoms with Crippen molar-refractivity contribution in [3.63, 3.8) is 0 Å². The van der Waals surface area contributed by atoms with Gasteiger partial charge in [0.25, 0.3) is 5.91 Å². The molecular formula is C14H16ClN3O2. The van der Waals surface area contributed by atoms with E-state index in [1.54, 1.807) is 12.3 Å². The fourth-order valence-electron chi connectivity index (χ4n) is 2.00. The first-order chi connectivity index (χ1) is 9.47. The van der Waals surface area contributed by atoms with Gasteiger partial charge in [0.05, 0.1) is 22.5 Å². The Morgan fingerprint density at radius 1 is 1.50 bits per heavy atom. The molecule has 20 heavy (non-hydrogen) atoms. The highest BCUT2D eigenvalue weighted by Gasteiger charge is 2.16. The number of carbonyl (C=O) groups is 1. The van der Waals surface area contributed by atoms with Crippen LogP contribution in [0, 0.1) is 0 Å². The van der Waals surface area contributed by atoms with Crippen LogP contribution in [0.5, 0.6) is 0 Å². The van der Waals surface area contributed by atoms with Crippen molar-refractivity contribution in [2.45, 2.75) is 19.4 Å². The number of nitrogens with two attached hydrogens (primary N) is 2. The Hall–Kier alpha value is -2.14. The third-order valence-corrected chi connectivity index (χ3v) is 3.15. The van der Waals surface area contributed by atoms with Crippen LogP contribution >= 0.6 is 11.6 Å². The maximum absolute atomic E-state index is 11.5. The molecule has 2 aromatic rings. The Balaban J connectivity index is 2.22. The van der Waals surface area contributed by atoms with E-state index in [1.165, 1.54) is 6.07 Å². The minimum absolute atomic E-state index is 0.0142. The molecule has 0 radical (unpaired) electrons. The molecule has 5 N–H and O–H groups in total. The maximum Gasteiger partial charge on any atom is 0.250 e. The van der Waals surface area contributed by atoms with Gasteiger partial charge < -0.3 is 21.2 Å². The van der Waals surface area contributed by atoms with Gasteiger partial charge in [-0.3, -0.25) is 4.79 Å². The zero-order chi connectivity index (χ0) is 14.7. The summed E-state index contributed by atoms with van der Waals surface area (Å²) < 4.78 is 5.28. The van der Waals surface area contributed by atoms with Gasteiger partial charge in [-0.15, -0.1) is 0 Å². The Labute approximate surface area is 121 Å². The molecule has 1 atom stereocenters. The molecule has 0 spiro atoms. The number of carbonyl (C=O) groups excluding carboxylic acids is 1. The van der Waals surface area contributed by atoms with E-state index in [2.05, 4.69) is 5.32 Å². The Morgan fingerprint density at radius 3 is 2.85 bits per heavy atom. The Morgan fingerprint density at radius 2 is 2.25 bits per heavy atom. The first-order valence-corrected chi connectivity index (χ1v) is 6.53. The van der Waals surface area contributed by atoms with Crippen LogP contribution in [0.3, 0.4) is 0 Å². The van der Waals surface area contributed by atoms with Gasteiger partial charge in [0.2, 0.25) is 0 Å². The topological polar surface area (TPSA) is 94.3 Å². The van der Waals surface area contributed by atoms with Crippen molar-refractivity contribution in [1.82, 2.24) is 0 Å². The Kier molecular flexibility index (Phi) is 4.20. The van der Waals surface area contributed by atoms with Crippen LogP contribution < -0.4 is 16.8 Å². The minimum atomic E-state index is -0.577. The summed E-state index contributed by atoms with van der Waals surface area (Å²) in [6, 6.07) is 6.82. The normalized spacial score (nSPS) is 12.1. The quantitative estimate of drug-likeness (QED) is 0.739. The fraction of sp³-hybridized carbons (Fsp3) is 0.214. The summed E-state index contributed by atoms with van der Waals surface area (Å²) in [5.74, 6) is 0.268. The molecule has 6 heteroatoms. The number of furan rings is 1. The molecule has 0 aliphatic heterocycles. The summed E-state index contributed by atoms with van der Waals surface area (Å²) in [4.78, 5) is 11.5. The Bertz CT molecular complexity index is 611. The van der Waals surface area contributed by atoms with Crippen molar-refractivity contribution < 1.29 is 9.21 Å². The summed E-state index contributed by atoms with van der Waals surface area (Å²) in [5, 5.41) is 3.54. The number of benzene rings is 1. The van der Waals surface area contributed by atoms with Gasteiger partial charge in [-0.1, -0.05) is 11.6 Å². The van der Waals surface area contributed by atoms with E-state index in [0.717, 1.165) is 5.76 Å². The first kappa shape index (κ1) is 14.3. The molecular weight excluding hydrogens is 278 g/mol. The van der Waals surface area contributed by atoms with E-state index in [9.17, 15) is 4.79 Å². The molecule has 1 amide bonds. The van der Waals surface area contributed by atoms with E-state index in [0.29, 0.717) is 22.8 Å². The summed E-state index contributed by atoms with van der Waals surface area (Å²) in [6.45, 7) is 1.96. The molecule has 106 valence electrons. The van der Waals surface area contributed by atoms with Crippen molar-refractivity contribution in [1.29, 1.82) is 0 Å². The average molecular weight is 294 g/mol. The smallest absolute Gasteiger partial charge is 0.250 e. The zero-order valence-electron chi connectivity index (χ0n) is 11.0. The number of hydrogen-bond acceptors (Lipinski definition) is 4. The molecule has 1 aromatic heterocycles. The molecule has 0 aliphatic rings. The number of primary amides is 1. The lowest BCUT2D eigenvalue weighted by Crippen LogP contribution is -2.22. The van der Waals surface area contributed by atoms with Crippen molar-refractivity contribution in [2.24, 2.45) is 5.73 Å². The van der Waals surface area contributed by atoms with E-state index in [4.69, 9.17) is 27.5 Å². The highest BCUT2D eigenvalue weighted by atomic mass is 35.5.